The average molecular weight is 446 g/mol. The number of carbonyl (C=O) groups excluding carboxylic acids is 1. The lowest BCUT2D eigenvalue weighted by Gasteiger charge is -2.31. The molecule has 0 saturated heterocycles. The summed E-state index contributed by atoms with van der Waals surface area (Å²) in [5.74, 6) is -1.44. The van der Waals surface area contributed by atoms with Crippen LogP contribution in [0.15, 0.2) is 79.0 Å². The summed E-state index contributed by atoms with van der Waals surface area (Å²) in [7, 11) is 0. The number of aryl methyl sites for hydroxylation is 1. The lowest BCUT2D eigenvalue weighted by molar-refractivity contribution is -0.136. The minimum absolute atomic E-state index is 0.352. The van der Waals surface area contributed by atoms with Gasteiger partial charge in [-0.1, -0.05) is 72.4 Å². The molecule has 1 atom stereocenters. The van der Waals surface area contributed by atoms with Crippen molar-refractivity contribution in [1.29, 1.82) is 0 Å². The fourth-order valence-corrected chi connectivity index (χ4v) is 4.85. The third kappa shape index (κ3) is 4.38. The number of hydrogen-bond donors (Lipinski definition) is 2. The van der Waals surface area contributed by atoms with Gasteiger partial charge in [0.1, 0.15) is 6.54 Å². The smallest absolute Gasteiger partial charge is 0.323 e. The normalized spacial score (nSPS) is 17.7. The summed E-state index contributed by atoms with van der Waals surface area (Å²) >= 11 is 1.39. The molecule has 7 heteroatoms. The molecule has 1 aliphatic heterocycles. The highest BCUT2D eigenvalue weighted by molar-refractivity contribution is 8.10. The van der Waals surface area contributed by atoms with E-state index in [1.54, 1.807) is 19.1 Å². The number of anilines is 1. The number of pyridine rings is 1. The molecule has 6 nitrogen and oxygen atoms in total. The van der Waals surface area contributed by atoms with E-state index in [-0.39, 0.29) is 5.91 Å². The third-order valence-corrected chi connectivity index (χ3v) is 6.48. The quantitative estimate of drug-likeness (QED) is 0.586. The van der Waals surface area contributed by atoms with Crippen molar-refractivity contribution >= 4 is 39.9 Å². The predicted molar refractivity (Wildman–Crippen MR) is 128 cm³/mol. The monoisotopic (exact) mass is 445 g/mol. The molecule has 2 heterocycles. The zero-order valence-corrected chi connectivity index (χ0v) is 18.6. The molecule has 3 aromatic rings. The van der Waals surface area contributed by atoms with Crippen molar-refractivity contribution in [2.45, 2.75) is 18.7 Å². The van der Waals surface area contributed by atoms with Gasteiger partial charge in [-0.2, -0.15) is 0 Å². The van der Waals surface area contributed by atoms with Crippen LogP contribution in [0.5, 0.6) is 0 Å². The molecule has 0 saturated carbocycles. The zero-order chi connectivity index (χ0) is 22.7. The Morgan fingerprint density at radius 2 is 1.62 bits per heavy atom. The summed E-state index contributed by atoms with van der Waals surface area (Å²) < 4.78 is 0. The largest absolute Gasteiger partial charge is 0.480 e. The van der Waals surface area contributed by atoms with Gasteiger partial charge in [0.05, 0.1) is 17.6 Å². The van der Waals surface area contributed by atoms with Crippen molar-refractivity contribution in [1.82, 2.24) is 10.3 Å². The minimum atomic E-state index is -1.10. The number of carbonyl (C=O) groups is 2. The Hall–Kier alpha value is -3.58. The van der Waals surface area contributed by atoms with Gasteiger partial charge in [0.25, 0.3) is 5.91 Å². The zero-order valence-electron chi connectivity index (χ0n) is 17.8. The molecular formula is C25H23N3O3S. The SMILES string of the molecule is Cc1ccc(N(CC(=O)O)C(=O)C2(C)NC(c3ccccc3)=C(c3ccccc3)S2)cn1. The Balaban J connectivity index is 1.73. The highest BCUT2D eigenvalue weighted by atomic mass is 32.2. The van der Waals surface area contributed by atoms with E-state index in [9.17, 15) is 14.7 Å². The van der Waals surface area contributed by atoms with E-state index in [4.69, 9.17) is 0 Å². The molecule has 0 fully saturated rings. The lowest BCUT2D eigenvalue weighted by Crippen LogP contribution is -2.52. The number of carboxylic acids is 1. The molecule has 1 amide bonds. The molecule has 32 heavy (non-hydrogen) atoms. The van der Waals surface area contributed by atoms with Crippen LogP contribution in [-0.4, -0.2) is 33.4 Å². The molecular weight excluding hydrogens is 422 g/mol. The number of thioether (sulfide) groups is 1. The first-order chi connectivity index (χ1) is 15.4. The molecule has 162 valence electrons. The number of rotatable bonds is 6. The lowest BCUT2D eigenvalue weighted by atomic mass is 10.1. The molecule has 2 aromatic carbocycles. The summed E-state index contributed by atoms with van der Waals surface area (Å²) in [5.41, 5.74) is 4.02. The first-order valence-corrected chi connectivity index (χ1v) is 11.0. The van der Waals surface area contributed by atoms with Crippen molar-refractivity contribution in [2.75, 3.05) is 11.4 Å². The fraction of sp³-hybridized carbons (Fsp3) is 0.160. The van der Waals surface area contributed by atoms with Crippen molar-refractivity contribution in [3.05, 3.63) is 95.8 Å². The number of hydrogen-bond acceptors (Lipinski definition) is 5. The summed E-state index contributed by atoms with van der Waals surface area (Å²) in [5, 5.41) is 12.9. The summed E-state index contributed by atoms with van der Waals surface area (Å²) in [6.07, 6.45) is 1.53. The second kappa shape index (κ2) is 8.88. The molecule has 0 aliphatic carbocycles. The maximum absolute atomic E-state index is 13.8. The standard InChI is InChI=1S/C25H23N3O3S/c1-17-13-14-20(15-26-17)28(16-21(29)30)24(31)25(2)27-22(18-9-5-3-6-10-18)23(32-25)19-11-7-4-8-12-19/h3-15,27H,16H2,1-2H3,(H,29,30). The van der Waals surface area contributed by atoms with Crippen molar-refractivity contribution < 1.29 is 14.7 Å². The van der Waals surface area contributed by atoms with Crippen LogP contribution in [0.3, 0.4) is 0 Å². The number of nitrogens with zero attached hydrogens (tertiary/aromatic N) is 2. The van der Waals surface area contributed by atoms with Gasteiger partial charge in [-0.05, 0) is 37.1 Å². The second-order valence-corrected chi connectivity index (χ2v) is 9.07. The van der Waals surface area contributed by atoms with Crippen molar-refractivity contribution in [3.8, 4) is 0 Å². The molecule has 4 rings (SSSR count). The summed E-state index contributed by atoms with van der Waals surface area (Å²) in [6, 6.07) is 23.2. The Bertz CT molecular complexity index is 1110. The van der Waals surface area contributed by atoms with Crippen LogP contribution in [0.4, 0.5) is 5.69 Å². The highest BCUT2D eigenvalue weighted by Gasteiger charge is 2.45. The Labute approximate surface area is 191 Å². The molecule has 1 unspecified atom stereocenters. The van der Waals surface area contributed by atoms with Crippen LogP contribution in [0, 0.1) is 6.92 Å². The molecule has 0 radical (unpaired) electrons. The number of aliphatic carboxylic acids is 1. The van der Waals surface area contributed by atoms with E-state index in [0.717, 1.165) is 27.4 Å². The number of nitrogens with one attached hydrogen (secondary N) is 1. The topological polar surface area (TPSA) is 82.5 Å². The molecule has 1 aliphatic rings. The van der Waals surface area contributed by atoms with Gasteiger partial charge in [0, 0.05) is 10.6 Å². The van der Waals surface area contributed by atoms with E-state index in [0.29, 0.717) is 5.69 Å². The summed E-state index contributed by atoms with van der Waals surface area (Å²) in [4.78, 5) is 30.7. The number of benzene rings is 2. The maximum Gasteiger partial charge on any atom is 0.323 e. The summed E-state index contributed by atoms with van der Waals surface area (Å²) in [6.45, 7) is 3.17. The van der Waals surface area contributed by atoms with Gasteiger partial charge >= 0.3 is 5.97 Å². The minimum Gasteiger partial charge on any atom is -0.480 e. The van der Waals surface area contributed by atoms with E-state index < -0.39 is 17.4 Å². The fourth-order valence-electron chi connectivity index (χ4n) is 3.57. The van der Waals surface area contributed by atoms with Crippen molar-refractivity contribution in [3.63, 3.8) is 0 Å². The van der Waals surface area contributed by atoms with Crippen LogP contribution in [-0.2, 0) is 9.59 Å². The highest BCUT2D eigenvalue weighted by Crippen LogP contribution is 2.48. The van der Waals surface area contributed by atoms with Gasteiger partial charge in [0.15, 0.2) is 4.87 Å². The Morgan fingerprint density at radius 3 is 2.19 bits per heavy atom. The molecule has 2 N–H and O–H groups in total. The van der Waals surface area contributed by atoms with Crippen molar-refractivity contribution in [2.24, 2.45) is 0 Å². The van der Waals surface area contributed by atoms with Crippen LogP contribution in [0.25, 0.3) is 10.6 Å². The van der Waals surface area contributed by atoms with E-state index >= 15 is 0 Å². The maximum atomic E-state index is 13.8. The van der Waals surface area contributed by atoms with Crippen LogP contribution in [0.2, 0.25) is 0 Å². The molecule has 0 spiro atoms. The van der Waals surface area contributed by atoms with Crippen LogP contribution < -0.4 is 10.2 Å². The van der Waals surface area contributed by atoms with Crippen LogP contribution >= 0.6 is 11.8 Å². The van der Waals surface area contributed by atoms with E-state index in [2.05, 4.69) is 10.3 Å². The first kappa shape index (κ1) is 21.6. The van der Waals surface area contributed by atoms with Crippen LogP contribution in [0.1, 0.15) is 23.7 Å². The third-order valence-electron chi connectivity index (χ3n) is 5.15. The predicted octanol–water partition coefficient (Wildman–Crippen LogP) is 4.39. The second-order valence-electron chi connectivity index (χ2n) is 7.64. The molecule has 0 bridgehead atoms. The van der Waals surface area contributed by atoms with E-state index in [1.165, 1.54) is 22.9 Å². The first-order valence-electron chi connectivity index (χ1n) is 10.2. The molecule has 1 aromatic heterocycles. The van der Waals surface area contributed by atoms with Gasteiger partial charge in [0.2, 0.25) is 0 Å². The number of carboxylic acid groups (broad SMARTS) is 1. The van der Waals surface area contributed by atoms with E-state index in [1.807, 2.05) is 67.6 Å². The van der Waals surface area contributed by atoms with Gasteiger partial charge < -0.3 is 10.4 Å². The van der Waals surface area contributed by atoms with Gasteiger partial charge in [-0.3, -0.25) is 19.5 Å². The number of aromatic nitrogens is 1. The van der Waals surface area contributed by atoms with Gasteiger partial charge in [-0.15, -0.1) is 0 Å². The van der Waals surface area contributed by atoms with Gasteiger partial charge in [-0.25, -0.2) is 0 Å². The average Bonchev–Trinajstić information content (AvgIpc) is 3.18. The Morgan fingerprint density at radius 1 is 1.00 bits per heavy atom. The number of amides is 1. The Kier molecular flexibility index (Phi) is 6.01.